The van der Waals surface area contributed by atoms with Crippen LogP contribution in [-0.2, 0) is 0 Å². The summed E-state index contributed by atoms with van der Waals surface area (Å²) in [6.45, 7) is 8.65. The summed E-state index contributed by atoms with van der Waals surface area (Å²) in [6.07, 6.45) is 1.09. The first-order valence-electron chi connectivity index (χ1n) is 3.44. The molecule has 0 nitrogen and oxygen atoms in total. The zero-order chi connectivity index (χ0) is 8.20. The number of hydrogen-bond donors (Lipinski definition) is 1. The lowest BCUT2D eigenvalue weighted by Crippen LogP contribution is -2.29. The van der Waals surface area contributed by atoms with Crippen molar-refractivity contribution in [2.75, 3.05) is 5.75 Å². The standard InChI is InChI=1S/C7H14S2Si/c1-10(2,3)7(6-9)4-5-8/h6-7H,1,4-5H2,2-3H3/p+1. The minimum Gasteiger partial charge on any atom is -0.179 e. The Morgan fingerprint density at radius 1 is 1.70 bits per heavy atom. The molecule has 0 radical (unpaired) electrons. The largest absolute Gasteiger partial charge is 0.267 e. The Labute approximate surface area is 75.8 Å². The van der Waals surface area contributed by atoms with Crippen LogP contribution in [0.15, 0.2) is 0 Å². The van der Waals surface area contributed by atoms with E-state index in [1.54, 1.807) is 0 Å². The fourth-order valence-corrected chi connectivity index (χ4v) is 3.84. The topological polar surface area (TPSA) is 0 Å². The molecule has 0 aliphatic carbocycles. The molecule has 0 amide bonds. The minimum atomic E-state index is -1.27. The highest BCUT2D eigenvalue weighted by molar-refractivity contribution is 7.80. The van der Waals surface area contributed by atoms with Crippen molar-refractivity contribution in [1.82, 2.24) is 0 Å². The van der Waals surface area contributed by atoms with Crippen molar-refractivity contribution in [3.05, 3.63) is 6.55 Å². The summed E-state index contributed by atoms with van der Waals surface area (Å²) in [6, 6.07) is 0. The summed E-state index contributed by atoms with van der Waals surface area (Å²) < 4.78 is 0. The molecular weight excluding hydrogens is 176 g/mol. The third-order valence-electron chi connectivity index (χ3n) is 1.61. The lowest BCUT2D eigenvalue weighted by atomic mass is 10.4. The number of rotatable bonds is 4. The molecule has 0 fully saturated rings. The van der Waals surface area contributed by atoms with Gasteiger partial charge in [0.05, 0.1) is 0 Å². The summed E-state index contributed by atoms with van der Waals surface area (Å²) in [5.41, 5.74) is 0.556. The minimum absolute atomic E-state index is 0.556. The molecule has 0 spiro atoms. The van der Waals surface area contributed by atoms with Crippen LogP contribution >= 0.6 is 24.8 Å². The molecule has 0 aliphatic heterocycles. The maximum absolute atomic E-state index is 4.92. The van der Waals surface area contributed by atoms with Crippen LogP contribution in [0.5, 0.6) is 0 Å². The van der Waals surface area contributed by atoms with Gasteiger partial charge < -0.3 is 0 Å². The van der Waals surface area contributed by atoms with Gasteiger partial charge in [-0.1, -0.05) is 12.2 Å². The van der Waals surface area contributed by atoms with Crippen LogP contribution in [0.4, 0.5) is 0 Å². The second kappa shape index (κ2) is 4.41. The van der Waals surface area contributed by atoms with Crippen molar-refractivity contribution in [3.63, 3.8) is 0 Å². The molecule has 10 heavy (non-hydrogen) atoms. The SMILES string of the molecule is [CH2+][Si](C)(C)C(C=S)CCS. The Bertz CT molecular complexity index is 107. The highest BCUT2D eigenvalue weighted by Gasteiger charge is 2.33. The van der Waals surface area contributed by atoms with Crippen molar-refractivity contribution >= 4 is 38.3 Å². The van der Waals surface area contributed by atoms with Gasteiger partial charge in [-0.25, -0.2) is 0 Å². The molecule has 0 aliphatic rings. The Morgan fingerprint density at radius 2 is 2.20 bits per heavy atom. The van der Waals surface area contributed by atoms with E-state index in [0.29, 0.717) is 5.54 Å². The summed E-state index contributed by atoms with van der Waals surface area (Å²) in [5.74, 6) is 0.920. The monoisotopic (exact) mass is 191 g/mol. The highest BCUT2D eigenvalue weighted by atomic mass is 32.1. The lowest BCUT2D eigenvalue weighted by Gasteiger charge is -2.15. The van der Waals surface area contributed by atoms with Gasteiger partial charge >= 0.3 is 0 Å². The molecule has 0 saturated heterocycles. The second-order valence-corrected chi connectivity index (χ2v) is 8.68. The van der Waals surface area contributed by atoms with Gasteiger partial charge in [-0.3, -0.25) is 0 Å². The third kappa shape index (κ3) is 3.64. The van der Waals surface area contributed by atoms with Gasteiger partial charge in [-0.2, -0.15) is 12.6 Å². The van der Waals surface area contributed by atoms with Crippen molar-refractivity contribution in [3.8, 4) is 0 Å². The first-order valence-corrected chi connectivity index (χ1v) is 7.82. The lowest BCUT2D eigenvalue weighted by molar-refractivity contribution is 0.994. The van der Waals surface area contributed by atoms with E-state index in [0.717, 1.165) is 12.2 Å². The number of thiol groups is 1. The maximum atomic E-state index is 4.92. The van der Waals surface area contributed by atoms with Crippen molar-refractivity contribution in [1.29, 1.82) is 0 Å². The quantitative estimate of drug-likeness (QED) is 0.309. The van der Waals surface area contributed by atoms with Gasteiger partial charge in [-0.15, -0.1) is 0 Å². The first kappa shape index (κ1) is 10.5. The van der Waals surface area contributed by atoms with Gasteiger partial charge in [0.1, 0.15) is 0 Å². The van der Waals surface area contributed by atoms with Crippen LogP contribution in [0.3, 0.4) is 0 Å². The molecule has 0 N–H and O–H groups in total. The summed E-state index contributed by atoms with van der Waals surface area (Å²) in [4.78, 5) is 0. The van der Waals surface area contributed by atoms with Crippen molar-refractivity contribution in [2.45, 2.75) is 25.1 Å². The average molecular weight is 191 g/mol. The predicted molar refractivity (Wildman–Crippen MR) is 58.7 cm³/mol. The van der Waals surface area contributed by atoms with Crippen LogP contribution in [-0.4, -0.2) is 19.2 Å². The van der Waals surface area contributed by atoms with Gasteiger partial charge in [0, 0.05) is 12.1 Å². The molecule has 0 aromatic rings. The van der Waals surface area contributed by atoms with Crippen molar-refractivity contribution < 1.29 is 0 Å². The van der Waals surface area contributed by atoms with Crippen LogP contribution in [0.1, 0.15) is 6.42 Å². The molecule has 1 unspecified atom stereocenters. The maximum Gasteiger partial charge on any atom is 0.267 e. The van der Waals surface area contributed by atoms with Crippen LogP contribution in [0, 0.1) is 6.55 Å². The Balaban J connectivity index is 3.93. The van der Waals surface area contributed by atoms with Gasteiger partial charge in [0.2, 0.25) is 0 Å². The Morgan fingerprint density at radius 3 is 2.30 bits per heavy atom. The molecule has 58 valence electrons. The molecule has 0 aromatic heterocycles. The van der Waals surface area contributed by atoms with E-state index < -0.39 is 8.07 Å². The summed E-state index contributed by atoms with van der Waals surface area (Å²) >= 11 is 9.10. The van der Waals surface area contributed by atoms with E-state index in [4.69, 9.17) is 12.2 Å². The number of hydrogen-bond acceptors (Lipinski definition) is 2. The first-order chi connectivity index (χ1) is 4.52. The zero-order valence-electron chi connectivity index (χ0n) is 6.63. The van der Waals surface area contributed by atoms with E-state index in [-0.39, 0.29) is 0 Å². The molecule has 0 rings (SSSR count). The molecule has 0 saturated carbocycles. The molecule has 0 bridgehead atoms. The van der Waals surface area contributed by atoms with E-state index in [1.165, 1.54) is 0 Å². The fourth-order valence-electron chi connectivity index (χ4n) is 0.782. The molecule has 0 aromatic carbocycles. The summed E-state index contributed by atoms with van der Waals surface area (Å²) in [7, 11) is -1.27. The zero-order valence-corrected chi connectivity index (χ0v) is 9.34. The van der Waals surface area contributed by atoms with Gasteiger partial charge in [0.15, 0.2) is 0 Å². The van der Waals surface area contributed by atoms with E-state index >= 15 is 0 Å². The van der Waals surface area contributed by atoms with Crippen LogP contribution in [0.2, 0.25) is 18.6 Å². The molecule has 1 atom stereocenters. The predicted octanol–water partition coefficient (Wildman–Crippen LogP) is 2.76. The highest BCUT2D eigenvalue weighted by Crippen LogP contribution is 2.22. The third-order valence-corrected chi connectivity index (χ3v) is 4.90. The number of thiocarbonyl (C=S) groups is 1. The molecule has 3 heteroatoms. The smallest absolute Gasteiger partial charge is 0.179 e. The second-order valence-electron chi connectivity index (χ2n) is 3.24. The van der Waals surface area contributed by atoms with E-state index in [1.807, 2.05) is 5.37 Å². The summed E-state index contributed by atoms with van der Waals surface area (Å²) in [5, 5.41) is 1.87. The average Bonchev–Trinajstić information content (AvgIpc) is 1.80. The van der Waals surface area contributed by atoms with Crippen LogP contribution < -0.4 is 0 Å². The van der Waals surface area contributed by atoms with Gasteiger partial charge in [-0.05, 0) is 30.6 Å². The van der Waals surface area contributed by atoms with E-state index in [2.05, 4.69) is 32.3 Å². The molecule has 0 heterocycles. The Hall–Kier alpha value is 0.527. The fraction of sp³-hybridized carbons (Fsp3) is 0.714. The van der Waals surface area contributed by atoms with Gasteiger partial charge in [0.25, 0.3) is 8.07 Å². The Kier molecular flexibility index (Phi) is 4.65. The normalized spacial score (nSPS) is 14.7. The van der Waals surface area contributed by atoms with Crippen molar-refractivity contribution in [2.24, 2.45) is 0 Å². The van der Waals surface area contributed by atoms with Crippen LogP contribution in [0.25, 0.3) is 0 Å². The molecular formula is C7H15S2Si+. The van der Waals surface area contributed by atoms with E-state index in [9.17, 15) is 0 Å².